The lowest BCUT2D eigenvalue weighted by molar-refractivity contribution is -0.146. The second kappa shape index (κ2) is 6.99. The first-order valence-electron chi connectivity index (χ1n) is 8.77. The normalized spacial score (nSPS) is 11.5. The van der Waals surface area contributed by atoms with Gasteiger partial charge in [0.25, 0.3) is 0 Å². The van der Waals surface area contributed by atoms with Gasteiger partial charge < -0.3 is 10.3 Å². The first kappa shape index (κ1) is 18.6. The number of nitrogen functional groups attached to an aromatic ring is 1. The number of hydrogen-bond acceptors (Lipinski definition) is 3. The van der Waals surface area contributed by atoms with Crippen LogP contribution in [-0.2, 0) is 12.7 Å². The number of benzene rings is 3. The Kier molecular flexibility index (Phi) is 4.47. The molecule has 29 heavy (non-hydrogen) atoms. The summed E-state index contributed by atoms with van der Waals surface area (Å²) in [4.78, 5) is 3.83. The Balaban J connectivity index is 1.85. The predicted molar refractivity (Wildman–Crippen MR) is 105 cm³/mol. The molecule has 2 N–H and O–H groups in total. The van der Waals surface area contributed by atoms with Crippen LogP contribution in [0.5, 0.6) is 0 Å². The van der Waals surface area contributed by atoms with E-state index in [1.54, 1.807) is 66.7 Å². The Labute approximate surface area is 164 Å². The molecule has 0 aliphatic rings. The first-order valence-corrected chi connectivity index (χ1v) is 8.77. The van der Waals surface area contributed by atoms with Crippen LogP contribution in [0, 0.1) is 11.3 Å². The summed E-state index contributed by atoms with van der Waals surface area (Å²) < 4.78 is 42.1. The third-order valence-corrected chi connectivity index (χ3v) is 4.67. The summed E-state index contributed by atoms with van der Waals surface area (Å²) in [5.41, 5.74) is 9.63. The second-order valence-corrected chi connectivity index (χ2v) is 6.65. The Bertz CT molecular complexity index is 1210. The van der Waals surface area contributed by atoms with E-state index in [0.717, 1.165) is 11.1 Å². The van der Waals surface area contributed by atoms with Gasteiger partial charge in [0.1, 0.15) is 0 Å². The van der Waals surface area contributed by atoms with Crippen LogP contribution in [0.2, 0.25) is 0 Å². The quantitative estimate of drug-likeness (QED) is 0.486. The van der Waals surface area contributed by atoms with Crippen LogP contribution >= 0.6 is 0 Å². The molecule has 0 fully saturated rings. The number of nitrogens with zero attached hydrogens (tertiary/aromatic N) is 3. The van der Waals surface area contributed by atoms with Crippen molar-refractivity contribution in [3.8, 4) is 17.2 Å². The molecule has 1 heterocycles. The van der Waals surface area contributed by atoms with E-state index in [1.807, 2.05) is 6.07 Å². The zero-order valence-corrected chi connectivity index (χ0v) is 15.1. The van der Waals surface area contributed by atoms with Crippen molar-refractivity contribution < 1.29 is 13.2 Å². The van der Waals surface area contributed by atoms with Crippen molar-refractivity contribution in [2.45, 2.75) is 12.7 Å². The van der Waals surface area contributed by atoms with E-state index < -0.39 is 12.0 Å². The maximum Gasteiger partial charge on any atom is 0.449 e. The highest BCUT2D eigenvalue weighted by Crippen LogP contribution is 2.34. The molecule has 4 nitrogen and oxygen atoms in total. The van der Waals surface area contributed by atoms with Crippen molar-refractivity contribution in [2.24, 2.45) is 0 Å². The van der Waals surface area contributed by atoms with Crippen LogP contribution in [0.15, 0.2) is 66.7 Å². The molecule has 0 radical (unpaired) electrons. The lowest BCUT2D eigenvalue weighted by Gasteiger charge is -2.12. The number of halogens is 3. The fourth-order valence-corrected chi connectivity index (χ4v) is 3.22. The van der Waals surface area contributed by atoms with Gasteiger partial charge >= 0.3 is 6.18 Å². The minimum atomic E-state index is -4.58. The van der Waals surface area contributed by atoms with E-state index in [0.29, 0.717) is 22.3 Å². The van der Waals surface area contributed by atoms with Gasteiger partial charge in [0.05, 0.1) is 22.7 Å². The van der Waals surface area contributed by atoms with E-state index in [4.69, 9.17) is 11.0 Å². The summed E-state index contributed by atoms with van der Waals surface area (Å²) in [7, 11) is 0. The molecular weight excluding hydrogens is 377 g/mol. The van der Waals surface area contributed by atoms with Crippen LogP contribution in [0.3, 0.4) is 0 Å². The molecule has 0 saturated carbocycles. The number of nitrogens with two attached hydrogens (primary N) is 1. The lowest BCUT2D eigenvalue weighted by Crippen LogP contribution is -2.15. The van der Waals surface area contributed by atoms with Crippen LogP contribution in [-0.4, -0.2) is 9.55 Å². The molecule has 0 bridgehead atoms. The number of fused-ring (bicyclic) bond motifs is 1. The van der Waals surface area contributed by atoms with Crippen LogP contribution in [0.1, 0.15) is 17.0 Å². The summed E-state index contributed by atoms with van der Waals surface area (Å²) in [6.45, 7) is 0.0163. The maximum absolute atomic E-state index is 13.6. The average molecular weight is 392 g/mol. The zero-order valence-electron chi connectivity index (χ0n) is 15.1. The van der Waals surface area contributed by atoms with E-state index in [1.165, 1.54) is 4.57 Å². The van der Waals surface area contributed by atoms with Crippen molar-refractivity contribution in [2.75, 3.05) is 5.73 Å². The number of rotatable bonds is 3. The smallest absolute Gasteiger partial charge is 0.399 e. The number of nitriles is 1. The Hall–Kier alpha value is -3.79. The molecule has 0 spiro atoms. The minimum Gasteiger partial charge on any atom is -0.399 e. The number of alkyl halides is 3. The number of aromatic nitrogens is 2. The number of imidazole rings is 1. The van der Waals surface area contributed by atoms with E-state index in [-0.39, 0.29) is 12.1 Å². The molecular formula is C22H15F3N4. The molecule has 3 aromatic carbocycles. The van der Waals surface area contributed by atoms with Gasteiger partial charge in [0, 0.05) is 12.2 Å². The fourth-order valence-electron chi connectivity index (χ4n) is 3.22. The Morgan fingerprint density at radius 3 is 2.21 bits per heavy atom. The molecule has 0 aliphatic carbocycles. The average Bonchev–Trinajstić information content (AvgIpc) is 3.08. The van der Waals surface area contributed by atoms with Gasteiger partial charge in [-0.25, -0.2) is 4.98 Å². The monoisotopic (exact) mass is 392 g/mol. The van der Waals surface area contributed by atoms with Crippen LogP contribution < -0.4 is 5.73 Å². The van der Waals surface area contributed by atoms with Crippen LogP contribution in [0.4, 0.5) is 18.9 Å². The fraction of sp³-hybridized carbons (Fsp3) is 0.0909. The third-order valence-electron chi connectivity index (χ3n) is 4.67. The molecule has 4 aromatic rings. The number of anilines is 1. The van der Waals surface area contributed by atoms with Crippen molar-refractivity contribution in [1.82, 2.24) is 9.55 Å². The standard InChI is InChI=1S/C22H15F3N4/c23-22(24,25)21-28-19-10-7-17(16-5-1-14(12-26)2-6-16)11-20(19)29(21)13-15-3-8-18(27)9-4-15/h1-11H,13,27H2. The van der Waals surface area contributed by atoms with Crippen molar-refractivity contribution >= 4 is 16.7 Å². The summed E-state index contributed by atoms with van der Waals surface area (Å²) in [5.74, 6) is -0.943. The second-order valence-electron chi connectivity index (χ2n) is 6.65. The molecule has 0 atom stereocenters. The highest BCUT2D eigenvalue weighted by atomic mass is 19.4. The molecule has 0 saturated heterocycles. The van der Waals surface area contributed by atoms with E-state index in [9.17, 15) is 13.2 Å². The van der Waals surface area contributed by atoms with Crippen molar-refractivity contribution in [3.05, 3.63) is 83.7 Å². The zero-order chi connectivity index (χ0) is 20.6. The molecule has 1 aromatic heterocycles. The molecule has 4 rings (SSSR count). The van der Waals surface area contributed by atoms with Gasteiger partial charge in [-0.05, 0) is 53.1 Å². The largest absolute Gasteiger partial charge is 0.449 e. The highest BCUT2D eigenvalue weighted by molar-refractivity contribution is 5.83. The highest BCUT2D eigenvalue weighted by Gasteiger charge is 2.37. The van der Waals surface area contributed by atoms with Gasteiger partial charge in [-0.3, -0.25) is 0 Å². The van der Waals surface area contributed by atoms with Crippen molar-refractivity contribution in [1.29, 1.82) is 5.26 Å². The van der Waals surface area contributed by atoms with Gasteiger partial charge in [0.15, 0.2) is 0 Å². The summed E-state index contributed by atoms with van der Waals surface area (Å²) in [6, 6.07) is 20.6. The van der Waals surface area contributed by atoms with E-state index >= 15 is 0 Å². The van der Waals surface area contributed by atoms with Gasteiger partial charge in [-0.1, -0.05) is 30.3 Å². The van der Waals surface area contributed by atoms with Gasteiger partial charge in [0.2, 0.25) is 5.82 Å². The van der Waals surface area contributed by atoms with Gasteiger partial charge in [-0.2, -0.15) is 18.4 Å². The summed E-state index contributed by atoms with van der Waals surface area (Å²) in [6.07, 6.45) is -4.58. The lowest BCUT2D eigenvalue weighted by atomic mass is 10.0. The van der Waals surface area contributed by atoms with Crippen molar-refractivity contribution in [3.63, 3.8) is 0 Å². The summed E-state index contributed by atoms with van der Waals surface area (Å²) >= 11 is 0. The minimum absolute atomic E-state index is 0.0163. The third kappa shape index (κ3) is 3.65. The molecule has 0 aliphatic heterocycles. The predicted octanol–water partition coefficient (Wildman–Crippen LogP) is 5.22. The SMILES string of the molecule is N#Cc1ccc(-c2ccc3nc(C(F)(F)F)n(Cc4ccc(N)cc4)c3c2)cc1. The molecule has 144 valence electrons. The molecule has 7 heteroatoms. The molecule has 0 amide bonds. The van der Waals surface area contributed by atoms with Crippen LogP contribution in [0.25, 0.3) is 22.2 Å². The maximum atomic E-state index is 13.6. The summed E-state index contributed by atoms with van der Waals surface area (Å²) in [5, 5.41) is 8.94. The Morgan fingerprint density at radius 2 is 1.59 bits per heavy atom. The molecule has 0 unspecified atom stereocenters. The Morgan fingerprint density at radius 1 is 0.931 bits per heavy atom. The first-order chi connectivity index (χ1) is 13.8. The number of hydrogen-bond donors (Lipinski definition) is 1. The van der Waals surface area contributed by atoms with Gasteiger partial charge in [-0.15, -0.1) is 0 Å². The topological polar surface area (TPSA) is 67.6 Å². The van der Waals surface area contributed by atoms with E-state index in [2.05, 4.69) is 4.98 Å².